The van der Waals surface area contributed by atoms with Gasteiger partial charge < -0.3 is 29.4 Å². The molecule has 4 atom stereocenters. The lowest BCUT2D eigenvalue weighted by Gasteiger charge is -2.39. The van der Waals surface area contributed by atoms with Gasteiger partial charge in [0.05, 0.1) is 13.2 Å². The fourth-order valence-electron chi connectivity index (χ4n) is 3.01. The molecule has 3 fully saturated rings. The second-order valence-electron chi connectivity index (χ2n) is 6.01. The van der Waals surface area contributed by atoms with Crippen molar-refractivity contribution >= 4 is 0 Å². The highest BCUT2D eigenvalue weighted by Gasteiger charge is 2.64. The molecule has 0 aromatic heterocycles. The van der Waals surface area contributed by atoms with Crippen LogP contribution in [0.4, 0.5) is 0 Å². The van der Waals surface area contributed by atoms with Crippen molar-refractivity contribution in [1.29, 1.82) is 0 Å². The van der Waals surface area contributed by atoms with Crippen molar-refractivity contribution in [2.24, 2.45) is 5.73 Å². The van der Waals surface area contributed by atoms with Crippen molar-refractivity contribution in [1.82, 2.24) is 0 Å². The monoisotopic (exact) mass is 259 g/mol. The molecule has 0 amide bonds. The van der Waals surface area contributed by atoms with E-state index in [0.717, 1.165) is 0 Å². The molecule has 18 heavy (non-hydrogen) atoms. The Morgan fingerprint density at radius 1 is 1.06 bits per heavy atom. The van der Waals surface area contributed by atoms with Gasteiger partial charge in [0.2, 0.25) is 5.79 Å². The number of hydrogen-bond acceptors (Lipinski definition) is 6. The molecular weight excluding hydrogens is 238 g/mol. The minimum Gasteiger partial charge on any atom is -0.343 e. The summed E-state index contributed by atoms with van der Waals surface area (Å²) in [4.78, 5) is 0. The van der Waals surface area contributed by atoms with Crippen molar-refractivity contribution in [2.45, 2.75) is 63.4 Å². The first-order valence-corrected chi connectivity index (χ1v) is 6.35. The summed E-state index contributed by atoms with van der Waals surface area (Å²) in [5.41, 5.74) is 5.82. The first-order chi connectivity index (χ1) is 8.27. The van der Waals surface area contributed by atoms with E-state index >= 15 is 0 Å². The highest BCUT2D eigenvalue weighted by molar-refractivity contribution is 5.03. The largest absolute Gasteiger partial charge is 0.343 e. The SMILES string of the molecule is CC1(C)O[C@@H]2[C@@H](CO[C@]3(CN)OC(C)(C)O[C@@H]23)O1. The summed E-state index contributed by atoms with van der Waals surface area (Å²) in [6.07, 6.45) is -0.709. The summed E-state index contributed by atoms with van der Waals surface area (Å²) in [6, 6.07) is 0. The summed E-state index contributed by atoms with van der Waals surface area (Å²) in [5, 5.41) is 0. The Labute approximate surface area is 107 Å². The van der Waals surface area contributed by atoms with E-state index in [9.17, 15) is 0 Å². The maximum Gasteiger partial charge on any atom is 0.213 e. The van der Waals surface area contributed by atoms with Gasteiger partial charge in [-0.05, 0) is 27.7 Å². The van der Waals surface area contributed by atoms with Crippen molar-refractivity contribution in [3.63, 3.8) is 0 Å². The van der Waals surface area contributed by atoms with Crippen LogP contribution in [-0.4, -0.2) is 48.8 Å². The number of ether oxygens (including phenoxy) is 5. The Morgan fingerprint density at radius 2 is 1.78 bits per heavy atom. The Kier molecular flexibility index (Phi) is 2.59. The lowest BCUT2D eigenvalue weighted by atomic mass is 9.97. The molecule has 0 bridgehead atoms. The zero-order valence-corrected chi connectivity index (χ0v) is 11.3. The lowest BCUT2D eigenvalue weighted by Crippen LogP contribution is -2.61. The number of hydrogen-bond donors (Lipinski definition) is 1. The fraction of sp³-hybridized carbons (Fsp3) is 1.00. The normalized spacial score (nSPS) is 48.8. The van der Waals surface area contributed by atoms with Crippen LogP contribution in [0.1, 0.15) is 27.7 Å². The third kappa shape index (κ3) is 1.79. The van der Waals surface area contributed by atoms with Gasteiger partial charge in [0.1, 0.15) is 18.3 Å². The predicted octanol–water partition coefficient (Wildman–Crippen LogP) is 0.343. The zero-order valence-electron chi connectivity index (χ0n) is 11.3. The van der Waals surface area contributed by atoms with E-state index in [0.29, 0.717) is 6.61 Å². The van der Waals surface area contributed by atoms with E-state index in [1.54, 1.807) is 0 Å². The highest BCUT2D eigenvalue weighted by Crippen LogP contribution is 2.46. The standard InChI is InChI=1S/C12H21NO5/c1-10(2)15-7-5-14-12(6-13)9(8(7)16-10)17-11(3,4)18-12/h7-9H,5-6,13H2,1-4H3/t7-,8-,9+,12-/m1/s1. The van der Waals surface area contributed by atoms with Crippen LogP contribution in [0.2, 0.25) is 0 Å². The molecule has 0 aromatic carbocycles. The molecule has 3 aliphatic rings. The van der Waals surface area contributed by atoms with E-state index in [1.165, 1.54) is 0 Å². The van der Waals surface area contributed by atoms with Gasteiger partial charge in [-0.25, -0.2) is 0 Å². The number of nitrogens with two attached hydrogens (primary N) is 1. The second kappa shape index (κ2) is 3.65. The Morgan fingerprint density at radius 3 is 2.44 bits per heavy atom. The molecule has 0 saturated carbocycles. The summed E-state index contributed by atoms with van der Waals surface area (Å²) in [5.74, 6) is -2.27. The molecule has 104 valence electrons. The molecule has 6 heteroatoms. The smallest absolute Gasteiger partial charge is 0.213 e. The topological polar surface area (TPSA) is 72.2 Å². The van der Waals surface area contributed by atoms with Crippen LogP contribution >= 0.6 is 0 Å². The molecule has 0 spiro atoms. The highest BCUT2D eigenvalue weighted by atomic mass is 16.9. The molecular formula is C12H21NO5. The van der Waals surface area contributed by atoms with Crippen LogP contribution in [0.5, 0.6) is 0 Å². The van der Waals surface area contributed by atoms with Gasteiger partial charge in [-0.3, -0.25) is 0 Å². The van der Waals surface area contributed by atoms with Crippen LogP contribution in [0, 0.1) is 0 Å². The van der Waals surface area contributed by atoms with Crippen molar-refractivity contribution in [3.8, 4) is 0 Å². The van der Waals surface area contributed by atoms with E-state index in [-0.39, 0.29) is 24.9 Å². The van der Waals surface area contributed by atoms with E-state index < -0.39 is 17.4 Å². The number of rotatable bonds is 1. The average molecular weight is 259 g/mol. The van der Waals surface area contributed by atoms with Crippen LogP contribution < -0.4 is 5.73 Å². The molecule has 2 N–H and O–H groups in total. The van der Waals surface area contributed by atoms with Gasteiger partial charge >= 0.3 is 0 Å². The molecule has 3 saturated heterocycles. The molecule has 3 aliphatic heterocycles. The van der Waals surface area contributed by atoms with Crippen LogP contribution in [0.25, 0.3) is 0 Å². The summed E-state index contributed by atoms with van der Waals surface area (Å²) in [7, 11) is 0. The third-order valence-corrected chi connectivity index (χ3v) is 3.56. The van der Waals surface area contributed by atoms with E-state index in [1.807, 2.05) is 27.7 Å². The van der Waals surface area contributed by atoms with Gasteiger partial charge in [0.15, 0.2) is 11.6 Å². The molecule has 0 unspecified atom stereocenters. The maximum atomic E-state index is 5.92. The van der Waals surface area contributed by atoms with E-state index in [4.69, 9.17) is 29.4 Å². The summed E-state index contributed by atoms with van der Waals surface area (Å²) in [6.45, 7) is 8.10. The quantitative estimate of drug-likeness (QED) is 0.732. The van der Waals surface area contributed by atoms with Gasteiger partial charge in [-0.1, -0.05) is 0 Å². The van der Waals surface area contributed by atoms with Gasteiger partial charge in [0, 0.05) is 0 Å². The molecule has 6 nitrogen and oxygen atoms in total. The second-order valence-corrected chi connectivity index (χ2v) is 6.01. The van der Waals surface area contributed by atoms with Crippen LogP contribution in [-0.2, 0) is 23.7 Å². The maximum absolute atomic E-state index is 5.92. The van der Waals surface area contributed by atoms with E-state index in [2.05, 4.69) is 0 Å². The Balaban J connectivity index is 1.90. The van der Waals surface area contributed by atoms with Gasteiger partial charge in [-0.2, -0.15) is 0 Å². The Hall–Kier alpha value is -0.240. The van der Waals surface area contributed by atoms with Gasteiger partial charge in [-0.15, -0.1) is 0 Å². The summed E-state index contributed by atoms with van der Waals surface area (Å²) >= 11 is 0. The average Bonchev–Trinajstić information content (AvgIpc) is 2.70. The fourth-order valence-corrected chi connectivity index (χ4v) is 3.01. The van der Waals surface area contributed by atoms with Gasteiger partial charge in [0.25, 0.3) is 0 Å². The predicted molar refractivity (Wildman–Crippen MR) is 61.6 cm³/mol. The van der Waals surface area contributed by atoms with Crippen molar-refractivity contribution in [3.05, 3.63) is 0 Å². The minimum atomic E-state index is -0.922. The minimum absolute atomic E-state index is 0.137. The molecule has 0 radical (unpaired) electrons. The van der Waals surface area contributed by atoms with Crippen LogP contribution in [0.15, 0.2) is 0 Å². The zero-order chi connectivity index (χ0) is 13.2. The summed E-state index contributed by atoms with van der Waals surface area (Å²) < 4.78 is 29.3. The first-order valence-electron chi connectivity index (χ1n) is 6.35. The van der Waals surface area contributed by atoms with Crippen molar-refractivity contribution < 1.29 is 23.7 Å². The lowest BCUT2D eigenvalue weighted by molar-refractivity contribution is -0.274. The number of fused-ring (bicyclic) bond motifs is 3. The molecule has 3 heterocycles. The third-order valence-electron chi connectivity index (χ3n) is 3.56. The molecule has 0 aromatic rings. The molecule has 3 rings (SSSR count). The molecule has 0 aliphatic carbocycles. The van der Waals surface area contributed by atoms with Crippen molar-refractivity contribution in [2.75, 3.05) is 13.2 Å². The van der Waals surface area contributed by atoms with Crippen LogP contribution in [0.3, 0.4) is 0 Å². The first kappa shape index (κ1) is 12.8. The Bertz CT molecular complexity index is 358.